The van der Waals surface area contributed by atoms with Gasteiger partial charge in [0.05, 0.1) is 10.8 Å². The fourth-order valence-electron chi connectivity index (χ4n) is 2.08. The maximum Gasteiger partial charge on any atom is 0.302 e. The van der Waals surface area contributed by atoms with Crippen molar-refractivity contribution in [1.82, 2.24) is 0 Å². The lowest BCUT2D eigenvalue weighted by molar-refractivity contribution is -0.117. The van der Waals surface area contributed by atoms with Crippen LogP contribution in [-0.2, 0) is 15.0 Å². The quantitative estimate of drug-likeness (QED) is 0.804. The average Bonchev–Trinajstić information content (AvgIpc) is 2.61. The van der Waals surface area contributed by atoms with Gasteiger partial charge in [0.15, 0.2) is 0 Å². The lowest BCUT2D eigenvalue weighted by Crippen LogP contribution is -2.25. The molecular weight excluding hydrogens is 300 g/mol. The number of amides is 1. The van der Waals surface area contributed by atoms with E-state index in [1.807, 2.05) is 0 Å². The molecule has 1 unspecified atom stereocenters. The van der Waals surface area contributed by atoms with Crippen LogP contribution in [0, 0.1) is 11.7 Å². The Kier molecular flexibility index (Phi) is 3.78. The van der Waals surface area contributed by atoms with E-state index in [1.165, 1.54) is 17.0 Å². The van der Waals surface area contributed by atoms with Crippen molar-refractivity contribution in [3.8, 4) is 0 Å². The second kappa shape index (κ2) is 5.05. The minimum Gasteiger partial charge on any atom is -0.312 e. The van der Waals surface area contributed by atoms with E-state index in [-0.39, 0.29) is 23.9 Å². The summed E-state index contributed by atoms with van der Waals surface area (Å²) < 4.78 is 46.7. The third-order valence-corrected chi connectivity index (χ3v) is 4.01. The van der Waals surface area contributed by atoms with E-state index in [0.717, 1.165) is 6.07 Å². The molecule has 1 atom stereocenters. The van der Waals surface area contributed by atoms with Crippen molar-refractivity contribution in [3.05, 3.63) is 29.0 Å². The van der Waals surface area contributed by atoms with Crippen LogP contribution < -0.4 is 4.90 Å². The van der Waals surface area contributed by atoms with E-state index < -0.39 is 27.7 Å². The molecule has 0 spiro atoms. The number of rotatable bonds is 3. The number of nitrogens with zero attached hydrogens (tertiary/aromatic N) is 1. The Morgan fingerprint density at radius 2 is 2.11 bits per heavy atom. The number of hydrogen-bond acceptors (Lipinski definition) is 3. The van der Waals surface area contributed by atoms with Gasteiger partial charge in [-0.15, -0.1) is 3.89 Å². The highest BCUT2D eigenvalue weighted by Gasteiger charge is 2.33. The number of anilines is 1. The molecule has 0 radical (unpaired) electrons. The summed E-state index contributed by atoms with van der Waals surface area (Å²) in [7, 11) is -4.62. The highest BCUT2D eigenvalue weighted by atomic mass is 35.5. The zero-order valence-electron chi connectivity index (χ0n) is 9.64. The zero-order chi connectivity index (χ0) is 14.2. The molecule has 1 aliphatic rings. The fraction of sp³-hybridized carbons (Fsp3) is 0.364. The first-order valence-electron chi connectivity index (χ1n) is 5.44. The van der Waals surface area contributed by atoms with Crippen LogP contribution in [0.3, 0.4) is 0 Å². The molecule has 8 heteroatoms. The number of carbonyl (C=O) groups is 1. The molecule has 1 amide bonds. The first-order chi connectivity index (χ1) is 8.76. The van der Waals surface area contributed by atoms with E-state index in [2.05, 4.69) is 0 Å². The summed E-state index contributed by atoms with van der Waals surface area (Å²) >= 11 is 5.61. The number of halogens is 3. The Bertz CT molecular complexity index is 620. The molecule has 0 saturated carbocycles. The van der Waals surface area contributed by atoms with E-state index in [0.29, 0.717) is 5.69 Å². The Balaban J connectivity index is 2.18. The van der Waals surface area contributed by atoms with E-state index >= 15 is 0 Å². The van der Waals surface area contributed by atoms with Crippen LogP contribution in [0.2, 0.25) is 5.02 Å². The Morgan fingerprint density at radius 1 is 1.42 bits per heavy atom. The molecule has 104 valence electrons. The summed E-state index contributed by atoms with van der Waals surface area (Å²) in [6.07, 6.45) is -0.0574. The van der Waals surface area contributed by atoms with Gasteiger partial charge in [-0.2, -0.15) is 8.42 Å². The number of benzene rings is 1. The maximum atomic E-state index is 13.0. The fourth-order valence-corrected chi connectivity index (χ4v) is 3.04. The normalized spacial score (nSPS) is 20.1. The van der Waals surface area contributed by atoms with E-state index in [4.69, 9.17) is 11.6 Å². The van der Waals surface area contributed by atoms with Gasteiger partial charge < -0.3 is 4.90 Å². The lowest BCUT2D eigenvalue weighted by Gasteiger charge is -2.16. The van der Waals surface area contributed by atoms with Crippen LogP contribution in [0.1, 0.15) is 6.42 Å². The van der Waals surface area contributed by atoms with Crippen LogP contribution in [-0.4, -0.2) is 26.6 Å². The van der Waals surface area contributed by atoms with Gasteiger partial charge in [0.25, 0.3) is 0 Å². The molecule has 1 saturated heterocycles. The second-order valence-corrected chi connectivity index (χ2v) is 6.20. The molecule has 0 N–H and O–H groups in total. The third-order valence-electron chi connectivity index (χ3n) is 2.85. The number of carbonyl (C=O) groups excluding carboxylic acids is 1. The third kappa shape index (κ3) is 3.42. The summed E-state index contributed by atoms with van der Waals surface area (Å²) in [6.45, 7) is 0.0734. The monoisotopic (exact) mass is 309 g/mol. The standard InChI is InChI=1S/C11H10ClF2NO3S/c12-9-4-8(1-2-10(9)13)15-5-7(3-11(15)16)6-19(14,17)18/h1-2,4,7H,3,5-6H2. The predicted molar refractivity (Wildman–Crippen MR) is 66.8 cm³/mol. The topological polar surface area (TPSA) is 54.5 Å². The highest BCUT2D eigenvalue weighted by molar-refractivity contribution is 7.86. The molecule has 1 aromatic rings. The van der Waals surface area contributed by atoms with Gasteiger partial charge in [-0.25, -0.2) is 4.39 Å². The highest BCUT2D eigenvalue weighted by Crippen LogP contribution is 2.29. The van der Waals surface area contributed by atoms with Crippen molar-refractivity contribution in [1.29, 1.82) is 0 Å². The number of hydrogen-bond donors (Lipinski definition) is 0. The molecule has 0 bridgehead atoms. The largest absolute Gasteiger partial charge is 0.312 e. The van der Waals surface area contributed by atoms with Crippen LogP contribution in [0.4, 0.5) is 14.0 Å². The van der Waals surface area contributed by atoms with Crippen LogP contribution in [0.5, 0.6) is 0 Å². The molecule has 4 nitrogen and oxygen atoms in total. The lowest BCUT2D eigenvalue weighted by atomic mass is 10.1. The summed E-state index contributed by atoms with van der Waals surface area (Å²) in [5, 5.41) is -0.133. The maximum absolute atomic E-state index is 13.0. The minimum atomic E-state index is -4.62. The van der Waals surface area contributed by atoms with E-state index in [1.54, 1.807) is 0 Å². The summed E-state index contributed by atoms with van der Waals surface area (Å²) in [4.78, 5) is 13.0. The molecule has 1 heterocycles. The van der Waals surface area contributed by atoms with Gasteiger partial charge >= 0.3 is 10.2 Å². The average molecular weight is 310 g/mol. The van der Waals surface area contributed by atoms with Crippen molar-refractivity contribution in [2.45, 2.75) is 6.42 Å². The van der Waals surface area contributed by atoms with Crippen molar-refractivity contribution < 1.29 is 21.5 Å². The van der Waals surface area contributed by atoms with Gasteiger partial charge in [-0.1, -0.05) is 11.6 Å². The second-order valence-electron chi connectivity index (χ2n) is 4.38. The molecule has 1 aliphatic heterocycles. The van der Waals surface area contributed by atoms with Crippen LogP contribution in [0.25, 0.3) is 0 Å². The van der Waals surface area contributed by atoms with Crippen molar-refractivity contribution in [3.63, 3.8) is 0 Å². The predicted octanol–water partition coefficient (Wildman–Crippen LogP) is 2.13. The van der Waals surface area contributed by atoms with Crippen molar-refractivity contribution in [2.75, 3.05) is 17.2 Å². The van der Waals surface area contributed by atoms with Gasteiger partial charge in [0.2, 0.25) is 5.91 Å². The molecule has 19 heavy (non-hydrogen) atoms. The van der Waals surface area contributed by atoms with Crippen molar-refractivity contribution in [2.24, 2.45) is 5.92 Å². The van der Waals surface area contributed by atoms with Gasteiger partial charge in [0, 0.05) is 24.6 Å². The van der Waals surface area contributed by atoms with E-state index in [9.17, 15) is 21.5 Å². The molecule has 1 fully saturated rings. The minimum absolute atomic E-state index is 0.0574. The van der Waals surface area contributed by atoms with Crippen molar-refractivity contribution >= 4 is 33.4 Å². The first kappa shape index (κ1) is 14.2. The molecule has 1 aromatic carbocycles. The summed E-state index contributed by atoms with van der Waals surface area (Å²) in [5.41, 5.74) is 0.371. The Morgan fingerprint density at radius 3 is 2.68 bits per heavy atom. The summed E-state index contributed by atoms with van der Waals surface area (Å²) in [6, 6.07) is 3.76. The zero-order valence-corrected chi connectivity index (χ0v) is 11.2. The summed E-state index contributed by atoms with van der Waals surface area (Å²) in [5.74, 6) is -2.24. The SMILES string of the molecule is O=C1CC(CS(=O)(=O)F)CN1c1ccc(F)c(Cl)c1. The van der Waals surface area contributed by atoms with Crippen LogP contribution >= 0.6 is 11.6 Å². The van der Waals surface area contributed by atoms with Gasteiger partial charge in [-0.05, 0) is 18.2 Å². The van der Waals surface area contributed by atoms with Crippen LogP contribution in [0.15, 0.2) is 18.2 Å². The Labute approximate surface area is 114 Å². The molecule has 0 aromatic heterocycles. The Hall–Kier alpha value is -1.21. The molecule has 2 rings (SSSR count). The van der Waals surface area contributed by atoms with Gasteiger partial charge in [0.1, 0.15) is 5.82 Å². The van der Waals surface area contributed by atoms with Gasteiger partial charge in [-0.3, -0.25) is 4.79 Å². The molecular formula is C11H10ClF2NO3S. The smallest absolute Gasteiger partial charge is 0.302 e. The first-order valence-corrected chi connectivity index (χ1v) is 7.37. The molecule has 0 aliphatic carbocycles.